The normalized spacial score (nSPS) is 11.9. The number of rotatable bonds is 8. The van der Waals surface area contributed by atoms with E-state index in [4.69, 9.17) is 11.5 Å². The molecule has 2 amide bonds. The van der Waals surface area contributed by atoms with Crippen LogP contribution in [0.2, 0.25) is 0 Å². The maximum atomic E-state index is 12.1. The molecule has 0 bridgehead atoms. The van der Waals surface area contributed by atoms with Gasteiger partial charge in [-0.05, 0) is 18.6 Å². The molecule has 0 aliphatic heterocycles. The topological polar surface area (TPSA) is 98.2 Å². The predicted molar refractivity (Wildman–Crippen MR) is 82.4 cm³/mol. The highest BCUT2D eigenvalue weighted by atomic mass is 32.2. The molecule has 0 aromatic heterocycles. The monoisotopic (exact) mass is 295 g/mol. The summed E-state index contributed by atoms with van der Waals surface area (Å²) in [6.07, 6.45) is 1.67. The van der Waals surface area contributed by atoms with Crippen LogP contribution in [0.5, 0.6) is 0 Å². The number of primary amides is 1. The van der Waals surface area contributed by atoms with Crippen LogP contribution in [0.15, 0.2) is 29.2 Å². The van der Waals surface area contributed by atoms with Crippen LogP contribution in [0.4, 0.5) is 5.69 Å². The van der Waals surface area contributed by atoms with Crippen LogP contribution in [0.3, 0.4) is 0 Å². The van der Waals surface area contributed by atoms with Gasteiger partial charge in [-0.3, -0.25) is 9.59 Å². The van der Waals surface area contributed by atoms with Crippen molar-refractivity contribution in [2.24, 2.45) is 17.4 Å². The zero-order chi connectivity index (χ0) is 15.0. The number of para-hydroxylation sites is 1. The number of nitrogens with two attached hydrogens (primary N) is 2. The fourth-order valence-electron chi connectivity index (χ4n) is 1.78. The van der Waals surface area contributed by atoms with Gasteiger partial charge in [0.05, 0.1) is 17.4 Å². The lowest BCUT2D eigenvalue weighted by molar-refractivity contribution is -0.119. The first-order valence-corrected chi connectivity index (χ1v) is 7.58. The fraction of sp³-hybridized carbons (Fsp3) is 0.429. The van der Waals surface area contributed by atoms with Crippen molar-refractivity contribution in [3.05, 3.63) is 24.3 Å². The van der Waals surface area contributed by atoms with E-state index in [2.05, 4.69) is 5.32 Å². The molecule has 0 saturated carbocycles. The zero-order valence-corrected chi connectivity index (χ0v) is 12.4. The Kier molecular flexibility index (Phi) is 7.11. The molecular weight excluding hydrogens is 274 g/mol. The number of hydrogen-bond acceptors (Lipinski definition) is 4. The summed E-state index contributed by atoms with van der Waals surface area (Å²) in [5, 5.41) is 2.88. The second kappa shape index (κ2) is 8.60. The van der Waals surface area contributed by atoms with E-state index < -0.39 is 0 Å². The number of thioether (sulfide) groups is 1. The Bertz CT molecular complexity index is 465. The van der Waals surface area contributed by atoms with Crippen molar-refractivity contribution in [2.75, 3.05) is 17.6 Å². The molecule has 5 N–H and O–H groups in total. The number of carbonyl (C=O) groups excluding carboxylic acids is 2. The molecule has 1 rings (SSSR count). The molecule has 0 saturated heterocycles. The lowest BCUT2D eigenvalue weighted by Crippen LogP contribution is -2.29. The number of hydrogen-bond donors (Lipinski definition) is 3. The second-order valence-corrected chi connectivity index (χ2v) is 5.48. The van der Waals surface area contributed by atoms with Crippen molar-refractivity contribution in [1.29, 1.82) is 0 Å². The Morgan fingerprint density at radius 1 is 1.35 bits per heavy atom. The number of nitrogens with one attached hydrogen (secondary N) is 1. The van der Waals surface area contributed by atoms with Crippen LogP contribution < -0.4 is 16.8 Å². The van der Waals surface area contributed by atoms with Crippen LogP contribution >= 0.6 is 11.8 Å². The van der Waals surface area contributed by atoms with Crippen LogP contribution in [0.25, 0.3) is 0 Å². The summed E-state index contributed by atoms with van der Waals surface area (Å²) in [5.74, 6) is -0.472. The molecule has 20 heavy (non-hydrogen) atoms. The van der Waals surface area contributed by atoms with Crippen molar-refractivity contribution < 1.29 is 9.59 Å². The molecule has 0 fully saturated rings. The van der Waals surface area contributed by atoms with Gasteiger partial charge in [0.25, 0.3) is 0 Å². The maximum Gasteiger partial charge on any atom is 0.228 e. The van der Waals surface area contributed by atoms with E-state index in [1.807, 2.05) is 25.1 Å². The first-order chi connectivity index (χ1) is 9.58. The summed E-state index contributed by atoms with van der Waals surface area (Å²) in [7, 11) is 0. The van der Waals surface area contributed by atoms with Crippen LogP contribution in [0, 0.1) is 5.92 Å². The van der Waals surface area contributed by atoms with E-state index >= 15 is 0 Å². The number of benzene rings is 1. The maximum absolute atomic E-state index is 12.1. The van der Waals surface area contributed by atoms with Gasteiger partial charge < -0.3 is 16.8 Å². The van der Waals surface area contributed by atoms with Gasteiger partial charge in [0.2, 0.25) is 11.8 Å². The molecule has 5 nitrogen and oxygen atoms in total. The molecule has 0 spiro atoms. The summed E-state index contributed by atoms with van der Waals surface area (Å²) < 4.78 is 0. The van der Waals surface area contributed by atoms with Gasteiger partial charge in [0, 0.05) is 11.4 Å². The molecule has 0 radical (unpaired) electrons. The average Bonchev–Trinajstić information content (AvgIpc) is 2.43. The highest BCUT2D eigenvalue weighted by Crippen LogP contribution is 2.27. The SMILES string of the molecule is CCCC(CN)C(=O)Nc1ccccc1SCC(N)=O. The van der Waals surface area contributed by atoms with Gasteiger partial charge in [-0.15, -0.1) is 11.8 Å². The van der Waals surface area contributed by atoms with Crippen LogP contribution in [-0.4, -0.2) is 24.1 Å². The summed E-state index contributed by atoms with van der Waals surface area (Å²) in [6, 6.07) is 7.34. The first kappa shape index (κ1) is 16.5. The minimum Gasteiger partial charge on any atom is -0.369 e. The van der Waals surface area contributed by atoms with Crippen molar-refractivity contribution in [2.45, 2.75) is 24.7 Å². The van der Waals surface area contributed by atoms with Gasteiger partial charge in [-0.1, -0.05) is 25.5 Å². The second-order valence-electron chi connectivity index (χ2n) is 4.46. The van der Waals surface area contributed by atoms with Crippen molar-refractivity contribution in [1.82, 2.24) is 0 Å². The molecule has 1 unspecified atom stereocenters. The summed E-state index contributed by atoms with van der Waals surface area (Å²) in [5.41, 5.74) is 11.5. The lowest BCUT2D eigenvalue weighted by atomic mass is 10.0. The highest BCUT2D eigenvalue weighted by Gasteiger charge is 2.17. The van der Waals surface area contributed by atoms with Crippen molar-refractivity contribution in [3.8, 4) is 0 Å². The Morgan fingerprint density at radius 3 is 2.65 bits per heavy atom. The van der Waals surface area contributed by atoms with Gasteiger partial charge >= 0.3 is 0 Å². The lowest BCUT2D eigenvalue weighted by Gasteiger charge is -2.15. The highest BCUT2D eigenvalue weighted by molar-refractivity contribution is 8.00. The van der Waals surface area contributed by atoms with E-state index in [0.29, 0.717) is 12.2 Å². The standard InChI is InChI=1S/C14H21N3O2S/c1-2-5-10(8-15)14(19)17-11-6-3-4-7-12(11)20-9-13(16)18/h3-4,6-7,10H,2,5,8-9,15H2,1H3,(H2,16,18)(H,17,19). The molecule has 0 aliphatic rings. The zero-order valence-electron chi connectivity index (χ0n) is 11.6. The molecule has 6 heteroatoms. The van der Waals surface area contributed by atoms with E-state index in [1.165, 1.54) is 11.8 Å². The minimum absolute atomic E-state index is 0.0820. The third-order valence-corrected chi connectivity index (χ3v) is 3.90. The Hall–Kier alpha value is -1.53. The molecule has 1 atom stereocenters. The summed E-state index contributed by atoms with van der Waals surface area (Å²) in [4.78, 5) is 23.8. The third kappa shape index (κ3) is 5.22. The molecular formula is C14H21N3O2S. The number of anilines is 1. The van der Waals surface area contributed by atoms with Crippen LogP contribution in [-0.2, 0) is 9.59 Å². The van der Waals surface area contributed by atoms with E-state index in [0.717, 1.165) is 17.7 Å². The largest absolute Gasteiger partial charge is 0.369 e. The first-order valence-electron chi connectivity index (χ1n) is 6.59. The minimum atomic E-state index is -0.387. The van der Waals surface area contributed by atoms with E-state index in [1.54, 1.807) is 6.07 Å². The van der Waals surface area contributed by atoms with Gasteiger partial charge in [-0.25, -0.2) is 0 Å². The third-order valence-electron chi connectivity index (χ3n) is 2.81. The predicted octanol–water partition coefficient (Wildman–Crippen LogP) is 1.58. The molecule has 0 heterocycles. The van der Waals surface area contributed by atoms with Crippen LogP contribution in [0.1, 0.15) is 19.8 Å². The molecule has 110 valence electrons. The molecule has 0 aliphatic carbocycles. The summed E-state index contributed by atoms with van der Waals surface area (Å²) >= 11 is 1.31. The van der Waals surface area contributed by atoms with Gasteiger partial charge in [-0.2, -0.15) is 0 Å². The van der Waals surface area contributed by atoms with Crippen molar-refractivity contribution in [3.63, 3.8) is 0 Å². The van der Waals surface area contributed by atoms with E-state index in [-0.39, 0.29) is 23.5 Å². The molecule has 1 aromatic rings. The molecule has 1 aromatic carbocycles. The van der Waals surface area contributed by atoms with Gasteiger partial charge in [0.1, 0.15) is 0 Å². The number of carbonyl (C=O) groups is 2. The Labute approximate surface area is 123 Å². The smallest absolute Gasteiger partial charge is 0.228 e. The summed E-state index contributed by atoms with van der Waals surface area (Å²) in [6.45, 7) is 2.35. The fourth-order valence-corrected chi connectivity index (χ4v) is 2.53. The van der Waals surface area contributed by atoms with E-state index in [9.17, 15) is 9.59 Å². The van der Waals surface area contributed by atoms with Gasteiger partial charge in [0.15, 0.2) is 0 Å². The quantitative estimate of drug-likeness (QED) is 0.634. The average molecular weight is 295 g/mol. The van der Waals surface area contributed by atoms with Crippen molar-refractivity contribution >= 4 is 29.3 Å². The Balaban J connectivity index is 2.75. The number of amides is 2. The Morgan fingerprint density at radius 2 is 2.05 bits per heavy atom.